The Morgan fingerprint density at radius 1 is 1.00 bits per heavy atom. The third-order valence-electron chi connectivity index (χ3n) is 7.26. The van der Waals surface area contributed by atoms with Gasteiger partial charge in [0.2, 0.25) is 0 Å². The number of hydrogen-bond donors (Lipinski definition) is 1. The molecule has 4 heterocycles. The summed E-state index contributed by atoms with van der Waals surface area (Å²) in [5.41, 5.74) is 2.09. The maximum Gasteiger partial charge on any atom is 0.192 e. The Kier molecular flexibility index (Phi) is 8.70. The number of nitrogens with one attached hydrogen (secondary N) is 1. The molecule has 45 heavy (non-hydrogen) atoms. The highest BCUT2D eigenvalue weighted by molar-refractivity contribution is 7.90. The van der Waals surface area contributed by atoms with Crippen molar-refractivity contribution in [2.75, 3.05) is 44.5 Å². The summed E-state index contributed by atoms with van der Waals surface area (Å²) in [5, 5.41) is 8.56. The highest BCUT2D eigenvalue weighted by Gasteiger charge is 2.21. The van der Waals surface area contributed by atoms with E-state index in [0.29, 0.717) is 59.4 Å². The van der Waals surface area contributed by atoms with Crippen LogP contribution in [-0.2, 0) is 27.7 Å². The quantitative estimate of drug-likeness (QED) is 0.233. The first kappa shape index (κ1) is 30.5. The molecule has 11 nitrogen and oxygen atoms in total. The van der Waals surface area contributed by atoms with Crippen molar-refractivity contribution in [1.29, 1.82) is 0 Å². The number of halogens is 2. The van der Waals surface area contributed by atoms with E-state index in [4.69, 9.17) is 24.5 Å². The lowest BCUT2D eigenvalue weighted by molar-refractivity contribution is 0.0336. The number of ether oxygens (including phenoxy) is 2. The second-order valence-corrected chi connectivity index (χ2v) is 12.5. The fourth-order valence-electron chi connectivity index (χ4n) is 5.12. The van der Waals surface area contributed by atoms with E-state index in [0.717, 1.165) is 19.3 Å². The standard InChI is InChI=1S/C31H31F2N7O4S/c1-3-44-22-16-25(32)24(26(33)17-22)19-40-27-7-5-4-6-23(27)30(38-40)31-36-21(18-39-10-12-43-13-11-39)14-28(37-31)35-20-8-9-34-29(15-20)45(2,41)42/h4-9,14-17H,3,10-13,18-19H2,1-2H3,(H,34,35,36,37). The first-order valence-corrected chi connectivity index (χ1v) is 16.2. The van der Waals surface area contributed by atoms with Gasteiger partial charge in [0.25, 0.3) is 0 Å². The normalized spacial score (nSPS) is 14.1. The molecular formula is C31H31F2N7O4S. The van der Waals surface area contributed by atoms with Gasteiger partial charge in [-0.2, -0.15) is 5.10 Å². The van der Waals surface area contributed by atoms with Crippen LogP contribution >= 0.6 is 0 Å². The molecule has 1 fully saturated rings. The predicted octanol–water partition coefficient (Wildman–Crippen LogP) is 4.59. The van der Waals surface area contributed by atoms with Gasteiger partial charge >= 0.3 is 0 Å². The number of para-hydroxylation sites is 1. The molecule has 1 saturated heterocycles. The largest absolute Gasteiger partial charge is 0.494 e. The Bertz CT molecular complexity index is 1940. The van der Waals surface area contributed by atoms with Gasteiger partial charge in [0.1, 0.15) is 28.9 Å². The van der Waals surface area contributed by atoms with E-state index >= 15 is 8.78 Å². The van der Waals surface area contributed by atoms with Gasteiger partial charge in [-0.05, 0) is 25.1 Å². The summed E-state index contributed by atoms with van der Waals surface area (Å²) < 4.78 is 66.6. The smallest absolute Gasteiger partial charge is 0.192 e. The molecule has 0 saturated carbocycles. The lowest BCUT2D eigenvalue weighted by Crippen LogP contribution is -2.35. The monoisotopic (exact) mass is 635 g/mol. The molecule has 1 aliphatic rings. The number of pyridine rings is 1. The molecular weight excluding hydrogens is 604 g/mol. The molecule has 1 N–H and O–H groups in total. The van der Waals surface area contributed by atoms with E-state index in [1.807, 2.05) is 24.3 Å². The van der Waals surface area contributed by atoms with Crippen LogP contribution in [0.4, 0.5) is 20.3 Å². The molecule has 2 aromatic carbocycles. The van der Waals surface area contributed by atoms with Crippen molar-refractivity contribution in [3.8, 4) is 17.3 Å². The van der Waals surface area contributed by atoms with E-state index in [9.17, 15) is 8.42 Å². The van der Waals surface area contributed by atoms with Crippen molar-refractivity contribution in [2.24, 2.45) is 0 Å². The Labute approximate surface area is 258 Å². The zero-order chi connectivity index (χ0) is 31.6. The molecule has 234 valence electrons. The second kappa shape index (κ2) is 12.8. The van der Waals surface area contributed by atoms with Gasteiger partial charge in [-0.3, -0.25) is 9.58 Å². The van der Waals surface area contributed by atoms with Crippen molar-refractivity contribution in [3.05, 3.63) is 83.7 Å². The maximum absolute atomic E-state index is 15.0. The van der Waals surface area contributed by atoms with Crippen molar-refractivity contribution in [2.45, 2.75) is 25.0 Å². The number of morpholine rings is 1. The van der Waals surface area contributed by atoms with Crippen molar-refractivity contribution < 1.29 is 26.7 Å². The molecule has 0 spiro atoms. The molecule has 6 rings (SSSR count). The average molecular weight is 636 g/mol. The summed E-state index contributed by atoms with van der Waals surface area (Å²) in [6.07, 6.45) is 2.50. The molecule has 5 aromatic rings. The summed E-state index contributed by atoms with van der Waals surface area (Å²) in [6.45, 7) is 5.07. The zero-order valence-electron chi connectivity index (χ0n) is 24.7. The predicted molar refractivity (Wildman–Crippen MR) is 164 cm³/mol. The molecule has 0 bridgehead atoms. The number of anilines is 2. The number of rotatable bonds is 10. The van der Waals surface area contributed by atoms with E-state index in [1.54, 1.807) is 19.1 Å². The van der Waals surface area contributed by atoms with Gasteiger partial charge in [0.15, 0.2) is 20.7 Å². The van der Waals surface area contributed by atoms with Crippen LogP contribution in [0.25, 0.3) is 22.4 Å². The number of sulfone groups is 1. The van der Waals surface area contributed by atoms with Gasteiger partial charge in [-0.25, -0.2) is 32.2 Å². The van der Waals surface area contributed by atoms with Gasteiger partial charge in [0.05, 0.1) is 37.6 Å². The fourth-order valence-corrected chi connectivity index (χ4v) is 5.71. The van der Waals surface area contributed by atoms with Crippen LogP contribution in [0.1, 0.15) is 18.2 Å². The molecule has 0 aliphatic carbocycles. The molecule has 0 unspecified atom stereocenters. The van der Waals surface area contributed by atoms with Crippen LogP contribution < -0.4 is 10.1 Å². The molecule has 0 amide bonds. The lowest BCUT2D eigenvalue weighted by atomic mass is 10.1. The molecule has 0 atom stereocenters. The SMILES string of the molecule is CCOc1cc(F)c(Cn2nc(-c3nc(CN4CCOCC4)cc(Nc4ccnc(S(C)(=O)=O)c4)n3)c3ccccc32)c(F)c1. The Morgan fingerprint density at radius 3 is 2.49 bits per heavy atom. The molecule has 3 aromatic heterocycles. The third kappa shape index (κ3) is 6.92. The molecule has 1 aliphatic heterocycles. The van der Waals surface area contributed by atoms with E-state index in [2.05, 4.69) is 15.2 Å². The summed E-state index contributed by atoms with van der Waals surface area (Å²) in [5.74, 6) is -0.647. The fraction of sp³-hybridized carbons (Fsp3) is 0.290. The highest BCUT2D eigenvalue weighted by Crippen LogP contribution is 2.30. The minimum Gasteiger partial charge on any atom is -0.494 e. The number of aromatic nitrogens is 5. The van der Waals surface area contributed by atoms with Crippen LogP contribution in [0, 0.1) is 11.6 Å². The number of benzene rings is 2. The molecule has 0 radical (unpaired) electrons. The topological polar surface area (TPSA) is 124 Å². The number of hydrogen-bond acceptors (Lipinski definition) is 10. The zero-order valence-corrected chi connectivity index (χ0v) is 25.5. The second-order valence-electron chi connectivity index (χ2n) is 10.6. The Morgan fingerprint density at radius 2 is 1.76 bits per heavy atom. The van der Waals surface area contributed by atoms with Crippen molar-refractivity contribution in [3.63, 3.8) is 0 Å². The first-order valence-electron chi connectivity index (χ1n) is 14.4. The minimum atomic E-state index is -3.53. The third-order valence-corrected chi connectivity index (χ3v) is 8.24. The number of fused-ring (bicyclic) bond motifs is 1. The minimum absolute atomic E-state index is 0.0752. The van der Waals surface area contributed by atoms with E-state index < -0.39 is 21.5 Å². The Balaban J connectivity index is 1.42. The lowest BCUT2D eigenvalue weighted by Gasteiger charge is -2.26. The van der Waals surface area contributed by atoms with Crippen molar-refractivity contribution >= 4 is 32.2 Å². The van der Waals surface area contributed by atoms with Crippen LogP contribution in [0.2, 0.25) is 0 Å². The average Bonchev–Trinajstić information content (AvgIpc) is 3.38. The highest BCUT2D eigenvalue weighted by atomic mass is 32.2. The van der Waals surface area contributed by atoms with Crippen LogP contribution in [0.3, 0.4) is 0 Å². The molecule has 14 heteroatoms. The maximum atomic E-state index is 15.0. The Hall–Kier alpha value is -4.53. The number of nitrogens with zero attached hydrogens (tertiary/aromatic N) is 6. The summed E-state index contributed by atoms with van der Waals surface area (Å²) in [4.78, 5) is 15.8. The first-order chi connectivity index (χ1) is 21.7. The van der Waals surface area contributed by atoms with Crippen molar-refractivity contribution in [1.82, 2.24) is 29.6 Å². The van der Waals surface area contributed by atoms with Gasteiger partial charge < -0.3 is 14.8 Å². The van der Waals surface area contributed by atoms with Crippen LogP contribution in [0.5, 0.6) is 5.75 Å². The van der Waals surface area contributed by atoms with E-state index in [1.165, 1.54) is 29.1 Å². The summed E-state index contributed by atoms with van der Waals surface area (Å²) >= 11 is 0. The summed E-state index contributed by atoms with van der Waals surface area (Å²) in [7, 11) is -3.53. The summed E-state index contributed by atoms with van der Waals surface area (Å²) in [6, 6.07) is 14.5. The van der Waals surface area contributed by atoms with Crippen LogP contribution in [-0.4, -0.2) is 77.2 Å². The van der Waals surface area contributed by atoms with E-state index in [-0.39, 0.29) is 29.5 Å². The van der Waals surface area contributed by atoms with Gasteiger partial charge in [-0.15, -0.1) is 0 Å². The van der Waals surface area contributed by atoms with Crippen LogP contribution in [0.15, 0.2) is 65.8 Å². The van der Waals surface area contributed by atoms with Gasteiger partial charge in [-0.1, -0.05) is 18.2 Å². The van der Waals surface area contributed by atoms with Gasteiger partial charge in [0, 0.05) is 66.9 Å².